The van der Waals surface area contributed by atoms with Crippen molar-refractivity contribution in [2.24, 2.45) is 11.1 Å². The molecule has 0 aromatic heterocycles. The van der Waals surface area contributed by atoms with E-state index in [-0.39, 0.29) is 23.4 Å². The number of carbonyl (C=O) groups excluding carboxylic acids is 1. The Kier molecular flexibility index (Phi) is 7.04. The molecule has 4 nitrogen and oxygen atoms in total. The van der Waals surface area contributed by atoms with Gasteiger partial charge in [0, 0.05) is 18.5 Å². The maximum Gasteiger partial charge on any atom is 0.222 e. The molecule has 0 saturated carbocycles. The van der Waals surface area contributed by atoms with Crippen molar-refractivity contribution in [1.29, 1.82) is 0 Å². The Hall–Kier alpha value is -1.39. The SMILES string of the molecule is CN(C)CCC(NC(=O)CC(N)c1ccccc1)C(C)(C)C. The molecule has 0 aliphatic rings. The maximum absolute atomic E-state index is 12.3. The normalized spacial score (nSPS) is 14.7. The molecule has 3 N–H and O–H groups in total. The van der Waals surface area contributed by atoms with Gasteiger partial charge in [0.15, 0.2) is 0 Å². The van der Waals surface area contributed by atoms with Crippen LogP contribution in [0.1, 0.15) is 45.2 Å². The van der Waals surface area contributed by atoms with Crippen molar-refractivity contribution in [2.75, 3.05) is 20.6 Å². The summed E-state index contributed by atoms with van der Waals surface area (Å²) < 4.78 is 0. The minimum absolute atomic E-state index is 0.0232. The number of nitrogens with zero attached hydrogens (tertiary/aromatic N) is 1. The van der Waals surface area contributed by atoms with Crippen LogP contribution in [0.5, 0.6) is 0 Å². The van der Waals surface area contributed by atoms with Crippen LogP contribution in [-0.4, -0.2) is 37.5 Å². The van der Waals surface area contributed by atoms with E-state index in [2.05, 4.69) is 31.0 Å². The maximum atomic E-state index is 12.3. The number of hydrogen-bond donors (Lipinski definition) is 2. The van der Waals surface area contributed by atoms with E-state index in [0.717, 1.165) is 18.5 Å². The van der Waals surface area contributed by atoms with Crippen molar-refractivity contribution in [3.63, 3.8) is 0 Å². The van der Waals surface area contributed by atoms with Crippen LogP contribution >= 0.6 is 0 Å². The summed E-state index contributed by atoms with van der Waals surface area (Å²) >= 11 is 0. The lowest BCUT2D eigenvalue weighted by atomic mass is 9.84. The van der Waals surface area contributed by atoms with E-state index in [1.807, 2.05) is 44.4 Å². The second kappa shape index (κ2) is 8.30. The fraction of sp³-hybridized carbons (Fsp3) is 0.611. The predicted molar refractivity (Wildman–Crippen MR) is 92.5 cm³/mol. The van der Waals surface area contributed by atoms with Crippen LogP contribution in [0.25, 0.3) is 0 Å². The molecule has 0 bridgehead atoms. The largest absolute Gasteiger partial charge is 0.353 e. The predicted octanol–water partition coefficient (Wildman–Crippen LogP) is 2.56. The molecule has 0 fully saturated rings. The van der Waals surface area contributed by atoms with Crippen molar-refractivity contribution in [3.05, 3.63) is 35.9 Å². The Morgan fingerprint density at radius 2 is 1.82 bits per heavy atom. The molecule has 0 aliphatic carbocycles. The van der Waals surface area contributed by atoms with E-state index in [9.17, 15) is 4.79 Å². The summed E-state index contributed by atoms with van der Waals surface area (Å²) in [6, 6.07) is 9.66. The molecule has 0 heterocycles. The third kappa shape index (κ3) is 6.58. The van der Waals surface area contributed by atoms with Gasteiger partial charge in [0.25, 0.3) is 0 Å². The van der Waals surface area contributed by atoms with Crippen molar-refractivity contribution in [2.45, 2.75) is 45.7 Å². The van der Waals surface area contributed by atoms with Crippen molar-refractivity contribution >= 4 is 5.91 Å². The number of amides is 1. The topological polar surface area (TPSA) is 58.4 Å². The van der Waals surface area contributed by atoms with E-state index in [0.29, 0.717) is 6.42 Å². The highest BCUT2D eigenvalue weighted by atomic mass is 16.1. The molecule has 0 aliphatic heterocycles. The summed E-state index contributed by atoms with van der Waals surface area (Å²) in [4.78, 5) is 14.5. The second-order valence-corrected chi connectivity index (χ2v) is 7.30. The second-order valence-electron chi connectivity index (χ2n) is 7.30. The molecule has 2 unspecified atom stereocenters. The first-order chi connectivity index (χ1) is 10.2. The summed E-state index contributed by atoms with van der Waals surface area (Å²) in [5.41, 5.74) is 7.16. The Labute approximate surface area is 135 Å². The zero-order valence-electron chi connectivity index (χ0n) is 14.6. The number of hydrogen-bond acceptors (Lipinski definition) is 3. The Morgan fingerprint density at radius 1 is 1.23 bits per heavy atom. The Morgan fingerprint density at radius 3 is 2.32 bits per heavy atom. The fourth-order valence-electron chi connectivity index (χ4n) is 2.38. The van der Waals surface area contributed by atoms with Crippen LogP contribution in [0.15, 0.2) is 30.3 Å². The van der Waals surface area contributed by atoms with Crippen molar-refractivity contribution < 1.29 is 4.79 Å². The number of benzene rings is 1. The number of nitrogens with two attached hydrogens (primary N) is 1. The van der Waals surface area contributed by atoms with Gasteiger partial charge in [-0.15, -0.1) is 0 Å². The molecule has 1 rings (SSSR count). The highest BCUT2D eigenvalue weighted by Crippen LogP contribution is 2.22. The molecule has 0 radical (unpaired) electrons. The smallest absolute Gasteiger partial charge is 0.222 e. The van der Waals surface area contributed by atoms with E-state index in [4.69, 9.17) is 5.73 Å². The van der Waals surface area contributed by atoms with Crippen LogP contribution in [0.3, 0.4) is 0 Å². The van der Waals surface area contributed by atoms with Crippen LogP contribution in [0, 0.1) is 5.41 Å². The van der Waals surface area contributed by atoms with Gasteiger partial charge in [-0.1, -0.05) is 51.1 Å². The van der Waals surface area contributed by atoms with E-state index < -0.39 is 0 Å². The first-order valence-corrected chi connectivity index (χ1v) is 7.94. The number of carbonyl (C=O) groups is 1. The molecule has 22 heavy (non-hydrogen) atoms. The summed E-state index contributed by atoms with van der Waals surface area (Å²) in [5, 5.41) is 3.17. The van der Waals surface area contributed by atoms with Gasteiger partial charge in [-0.25, -0.2) is 0 Å². The zero-order chi connectivity index (χ0) is 16.8. The van der Waals surface area contributed by atoms with E-state index >= 15 is 0 Å². The molecule has 1 amide bonds. The minimum Gasteiger partial charge on any atom is -0.353 e. The molecule has 124 valence electrons. The number of rotatable bonds is 7. The van der Waals surface area contributed by atoms with Crippen LogP contribution in [0.2, 0.25) is 0 Å². The molecule has 0 spiro atoms. The summed E-state index contributed by atoms with van der Waals surface area (Å²) in [6.07, 6.45) is 1.25. The lowest BCUT2D eigenvalue weighted by Crippen LogP contribution is -2.45. The Balaban J connectivity index is 2.59. The van der Waals surface area contributed by atoms with Crippen LogP contribution in [-0.2, 0) is 4.79 Å². The summed E-state index contributed by atoms with van der Waals surface area (Å²) in [5.74, 6) is 0.0232. The minimum atomic E-state index is -0.254. The molecule has 1 aromatic rings. The third-order valence-electron chi connectivity index (χ3n) is 3.88. The quantitative estimate of drug-likeness (QED) is 0.814. The van der Waals surface area contributed by atoms with Crippen LogP contribution in [0.4, 0.5) is 0 Å². The molecular weight excluding hydrogens is 274 g/mol. The summed E-state index contributed by atoms with van der Waals surface area (Å²) in [7, 11) is 4.10. The average Bonchev–Trinajstić information content (AvgIpc) is 2.42. The lowest BCUT2D eigenvalue weighted by molar-refractivity contribution is -0.123. The molecule has 2 atom stereocenters. The van der Waals surface area contributed by atoms with Gasteiger partial charge >= 0.3 is 0 Å². The molecular formula is C18H31N3O. The van der Waals surface area contributed by atoms with Crippen molar-refractivity contribution in [3.8, 4) is 0 Å². The average molecular weight is 305 g/mol. The highest BCUT2D eigenvalue weighted by molar-refractivity contribution is 5.77. The zero-order valence-corrected chi connectivity index (χ0v) is 14.6. The van der Waals surface area contributed by atoms with E-state index in [1.54, 1.807) is 0 Å². The van der Waals surface area contributed by atoms with E-state index in [1.165, 1.54) is 0 Å². The van der Waals surface area contributed by atoms with Gasteiger partial charge in [-0.05, 0) is 38.0 Å². The van der Waals surface area contributed by atoms with Gasteiger partial charge < -0.3 is 16.0 Å². The van der Waals surface area contributed by atoms with Gasteiger partial charge in [-0.3, -0.25) is 4.79 Å². The van der Waals surface area contributed by atoms with Gasteiger partial charge in [0.2, 0.25) is 5.91 Å². The highest BCUT2D eigenvalue weighted by Gasteiger charge is 2.26. The Bertz CT molecular complexity index is 451. The molecule has 0 saturated heterocycles. The molecule has 4 heteroatoms. The first kappa shape index (κ1) is 18.7. The fourth-order valence-corrected chi connectivity index (χ4v) is 2.38. The first-order valence-electron chi connectivity index (χ1n) is 7.94. The summed E-state index contributed by atoms with van der Waals surface area (Å²) in [6.45, 7) is 7.42. The van der Waals surface area contributed by atoms with Crippen LogP contribution < -0.4 is 11.1 Å². The third-order valence-corrected chi connectivity index (χ3v) is 3.88. The van der Waals surface area contributed by atoms with Crippen molar-refractivity contribution in [1.82, 2.24) is 10.2 Å². The lowest BCUT2D eigenvalue weighted by Gasteiger charge is -2.32. The van der Waals surface area contributed by atoms with Gasteiger partial charge in [0.05, 0.1) is 0 Å². The monoisotopic (exact) mass is 305 g/mol. The standard InChI is InChI=1S/C18H31N3O/c1-18(2,3)16(11-12-21(4)5)20-17(22)13-15(19)14-9-7-6-8-10-14/h6-10,15-16H,11-13,19H2,1-5H3,(H,20,22). The van der Waals surface area contributed by atoms with Gasteiger partial charge in [0.1, 0.15) is 0 Å². The van der Waals surface area contributed by atoms with Gasteiger partial charge in [-0.2, -0.15) is 0 Å². The molecule has 1 aromatic carbocycles. The number of nitrogens with one attached hydrogen (secondary N) is 1.